The third-order valence-corrected chi connectivity index (χ3v) is 6.11. The highest BCUT2D eigenvalue weighted by molar-refractivity contribution is 5.80. The summed E-state index contributed by atoms with van der Waals surface area (Å²) < 4.78 is 11.5. The standard InChI is InChI=1S/C23H27N3O2/c1-25-14-19(17-4-3-16-7-8-24-21(16)13-17)18-5-6-22(23(27-2)20(18)15-25)26-9-11-28-12-10-26/h3-8,13,19,24H,9-12,14-15H2,1-2H3. The van der Waals surface area contributed by atoms with Crippen LogP contribution in [0.25, 0.3) is 10.9 Å². The molecule has 2 aromatic carbocycles. The normalized spacial score (nSPS) is 20.4. The van der Waals surface area contributed by atoms with Gasteiger partial charge in [0.2, 0.25) is 0 Å². The number of hydrogen-bond acceptors (Lipinski definition) is 4. The molecule has 1 aromatic heterocycles. The highest BCUT2D eigenvalue weighted by Crippen LogP contribution is 2.42. The number of aromatic nitrogens is 1. The van der Waals surface area contributed by atoms with Crippen molar-refractivity contribution < 1.29 is 9.47 Å². The molecule has 2 aliphatic rings. The minimum Gasteiger partial charge on any atom is -0.494 e. The molecule has 0 radical (unpaired) electrons. The quantitative estimate of drug-likeness (QED) is 0.757. The van der Waals surface area contributed by atoms with E-state index in [1.54, 1.807) is 7.11 Å². The number of fused-ring (bicyclic) bond motifs is 2. The molecule has 1 saturated heterocycles. The van der Waals surface area contributed by atoms with Gasteiger partial charge in [-0.2, -0.15) is 0 Å². The Balaban J connectivity index is 1.60. The molecular weight excluding hydrogens is 350 g/mol. The third-order valence-electron chi connectivity index (χ3n) is 6.11. The van der Waals surface area contributed by atoms with Gasteiger partial charge >= 0.3 is 0 Å². The molecule has 0 aliphatic carbocycles. The van der Waals surface area contributed by atoms with Crippen molar-refractivity contribution in [3.63, 3.8) is 0 Å². The number of anilines is 1. The number of H-pyrrole nitrogens is 1. The Morgan fingerprint density at radius 1 is 1.11 bits per heavy atom. The Labute approximate surface area is 165 Å². The van der Waals surface area contributed by atoms with E-state index in [0.29, 0.717) is 5.92 Å². The van der Waals surface area contributed by atoms with Gasteiger partial charge < -0.3 is 24.3 Å². The van der Waals surface area contributed by atoms with E-state index in [0.717, 1.165) is 45.1 Å². The predicted octanol–water partition coefficient (Wildman–Crippen LogP) is 3.59. The second kappa shape index (κ2) is 7.15. The molecule has 0 spiro atoms. The van der Waals surface area contributed by atoms with Crippen LogP contribution in [0.3, 0.4) is 0 Å². The number of ether oxygens (including phenoxy) is 2. The lowest BCUT2D eigenvalue weighted by Gasteiger charge is -2.36. The average Bonchev–Trinajstić information content (AvgIpc) is 3.20. The zero-order valence-electron chi connectivity index (χ0n) is 16.6. The summed E-state index contributed by atoms with van der Waals surface area (Å²) in [5.74, 6) is 1.37. The summed E-state index contributed by atoms with van der Waals surface area (Å²) in [6.45, 7) is 5.31. The summed E-state index contributed by atoms with van der Waals surface area (Å²) in [6, 6.07) is 13.5. The molecule has 0 amide bonds. The predicted molar refractivity (Wildman–Crippen MR) is 113 cm³/mol. The highest BCUT2D eigenvalue weighted by Gasteiger charge is 2.30. The van der Waals surface area contributed by atoms with Gasteiger partial charge in [-0.1, -0.05) is 18.2 Å². The molecule has 3 heterocycles. The Hall–Kier alpha value is -2.50. The van der Waals surface area contributed by atoms with E-state index in [-0.39, 0.29) is 0 Å². The maximum absolute atomic E-state index is 5.97. The molecule has 1 unspecified atom stereocenters. The molecule has 28 heavy (non-hydrogen) atoms. The van der Waals surface area contributed by atoms with E-state index in [1.807, 2.05) is 6.20 Å². The first-order chi connectivity index (χ1) is 13.7. The first kappa shape index (κ1) is 17.6. The Bertz CT molecular complexity index is 991. The molecule has 0 saturated carbocycles. The van der Waals surface area contributed by atoms with E-state index in [9.17, 15) is 0 Å². The fourth-order valence-electron chi connectivity index (χ4n) is 4.71. The lowest BCUT2D eigenvalue weighted by atomic mass is 9.83. The number of nitrogens with one attached hydrogen (secondary N) is 1. The van der Waals surface area contributed by atoms with Crippen LogP contribution < -0.4 is 9.64 Å². The Morgan fingerprint density at radius 3 is 2.79 bits per heavy atom. The number of morpholine rings is 1. The fourth-order valence-corrected chi connectivity index (χ4v) is 4.71. The van der Waals surface area contributed by atoms with Crippen molar-refractivity contribution in [1.29, 1.82) is 0 Å². The van der Waals surface area contributed by atoms with Crippen LogP contribution in [0.1, 0.15) is 22.6 Å². The first-order valence-corrected chi connectivity index (χ1v) is 10.0. The van der Waals surface area contributed by atoms with Gasteiger partial charge in [-0.3, -0.25) is 0 Å². The summed E-state index contributed by atoms with van der Waals surface area (Å²) in [4.78, 5) is 8.14. The maximum Gasteiger partial charge on any atom is 0.146 e. The number of benzene rings is 2. The number of rotatable bonds is 3. The molecule has 3 aromatic rings. The molecule has 5 heteroatoms. The molecule has 2 aliphatic heterocycles. The molecule has 1 fully saturated rings. The second-order valence-electron chi connectivity index (χ2n) is 7.86. The SMILES string of the molecule is COc1c(N2CCOCC2)ccc2c1CN(C)CC2c1ccc2cc[nH]c2c1. The van der Waals surface area contributed by atoms with Gasteiger partial charge in [-0.15, -0.1) is 0 Å². The third kappa shape index (κ3) is 2.95. The van der Waals surface area contributed by atoms with Crippen molar-refractivity contribution in [2.45, 2.75) is 12.5 Å². The molecular formula is C23H27N3O2. The van der Waals surface area contributed by atoms with Crippen molar-refractivity contribution in [3.05, 3.63) is 59.3 Å². The van der Waals surface area contributed by atoms with E-state index < -0.39 is 0 Å². The van der Waals surface area contributed by atoms with Crippen LogP contribution in [0.4, 0.5) is 5.69 Å². The van der Waals surface area contributed by atoms with Crippen LogP contribution in [0.2, 0.25) is 0 Å². The average molecular weight is 377 g/mol. The van der Waals surface area contributed by atoms with Crippen molar-refractivity contribution in [3.8, 4) is 5.75 Å². The van der Waals surface area contributed by atoms with Crippen LogP contribution in [-0.2, 0) is 11.3 Å². The highest BCUT2D eigenvalue weighted by atomic mass is 16.5. The van der Waals surface area contributed by atoms with Gasteiger partial charge in [0.05, 0.1) is 26.0 Å². The fraction of sp³-hybridized carbons (Fsp3) is 0.391. The molecule has 146 valence electrons. The van der Waals surface area contributed by atoms with Gasteiger partial charge in [-0.05, 0) is 41.8 Å². The molecule has 1 N–H and O–H groups in total. The summed E-state index contributed by atoms with van der Waals surface area (Å²) >= 11 is 0. The zero-order valence-corrected chi connectivity index (χ0v) is 16.6. The lowest BCUT2D eigenvalue weighted by Crippen LogP contribution is -2.37. The van der Waals surface area contributed by atoms with Crippen LogP contribution in [0, 0.1) is 0 Å². The van der Waals surface area contributed by atoms with Gasteiger partial charge in [-0.25, -0.2) is 0 Å². The van der Waals surface area contributed by atoms with Crippen molar-refractivity contribution in [1.82, 2.24) is 9.88 Å². The van der Waals surface area contributed by atoms with E-state index in [1.165, 1.54) is 33.3 Å². The zero-order chi connectivity index (χ0) is 19.1. The summed E-state index contributed by atoms with van der Waals surface area (Å²) in [5.41, 5.74) is 6.45. The largest absolute Gasteiger partial charge is 0.494 e. The van der Waals surface area contributed by atoms with Gasteiger partial charge in [0.15, 0.2) is 0 Å². The van der Waals surface area contributed by atoms with E-state index in [2.05, 4.69) is 58.2 Å². The number of likely N-dealkylation sites (N-methyl/N-ethyl adjacent to an activating group) is 1. The van der Waals surface area contributed by atoms with Crippen molar-refractivity contribution >= 4 is 16.6 Å². The van der Waals surface area contributed by atoms with Gasteiger partial charge in [0.25, 0.3) is 0 Å². The molecule has 5 nitrogen and oxygen atoms in total. The summed E-state index contributed by atoms with van der Waals surface area (Å²) in [7, 11) is 4.00. The number of aromatic amines is 1. The monoisotopic (exact) mass is 377 g/mol. The van der Waals surface area contributed by atoms with Gasteiger partial charge in [0, 0.05) is 49.4 Å². The Morgan fingerprint density at radius 2 is 1.96 bits per heavy atom. The van der Waals surface area contributed by atoms with Crippen LogP contribution in [0.15, 0.2) is 42.6 Å². The molecule has 1 atom stereocenters. The smallest absolute Gasteiger partial charge is 0.146 e. The summed E-state index contributed by atoms with van der Waals surface area (Å²) in [5, 5.41) is 1.26. The Kier molecular flexibility index (Phi) is 4.49. The minimum atomic E-state index is 0.342. The maximum atomic E-state index is 5.97. The number of hydrogen-bond donors (Lipinski definition) is 1. The van der Waals surface area contributed by atoms with Gasteiger partial charge in [0.1, 0.15) is 5.75 Å². The van der Waals surface area contributed by atoms with Crippen molar-refractivity contribution in [2.24, 2.45) is 0 Å². The topological polar surface area (TPSA) is 40.7 Å². The second-order valence-corrected chi connectivity index (χ2v) is 7.86. The number of nitrogens with zero attached hydrogens (tertiary/aromatic N) is 2. The summed E-state index contributed by atoms with van der Waals surface area (Å²) in [6.07, 6.45) is 2.01. The van der Waals surface area contributed by atoms with E-state index in [4.69, 9.17) is 9.47 Å². The first-order valence-electron chi connectivity index (χ1n) is 10.0. The van der Waals surface area contributed by atoms with Crippen LogP contribution >= 0.6 is 0 Å². The minimum absolute atomic E-state index is 0.342. The molecule has 0 bridgehead atoms. The lowest BCUT2D eigenvalue weighted by molar-refractivity contribution is 0.122. The number of methoxy groups -OCH3 is 1. The van der Waals surface area contributed by atoms with Crippen molar-refractivity contribution in [2.75, 3.05) is 51.9 Å². The van der Waals surface area contributed by atoms with Crippen LogP contribution in [0.5, 0.6) is 5.75 Å². The molecule has 5 rings (SSSR count). The van der Waals surface area contributed by atoms with Crippen LogP contribution in [-0.4, -0.2) is 56.9 Å². The van der Waals surface area contributed by atoms with E-state index >= 15 is 0 Å².